The van der Waals surface area contributed by atoms with Crippen LogP contribution in [0, 0.1) is 0 Å². The number of rotatable bonds is 46. The van der Waals surface area contributed by atoms with Crippen molar-refractivity contribution in [1.82, 2.24) is 0 Å². The van der Waals surface area contributed by atoms with Crippen LogP contribution in [0.5, 0.6) is 0 Å². The van der Waals surface area contributed by atoms with Gasteiger partial charge in [-0.15, -0.1) is 0 Å². The van der Waals surface area contributed by atoms with E-state index in [2.05, 4.69) is 57.2 Å². The summed E-state index contributed by atoms with van der Waals surface area (Å²) >= 11 is 0. The van der Waals surface area contributed by atoms with Crippen molar-refractivity contribution in [3.63, 3.8) is 0 Å². The molecule has 1 unspecified atom stereocenters. The maximum absolute atomic E-state index is 12.8. The maximum atomic E-state index is 12.8. The lowest BCUT2D eigenvalue weighted by molar-refractivity contribution is -0.167. The second-order valence-corrected chi connectivity index (χ2v) is 17.1. The first-order valence-electron chi connectivity index (χ1n) is 25.5. The molecule has 0 aliphatic rings. The van der Waals surface area contributed by atoms with Gasteiger partial charge in [-0.3, -0.25) is 14.4 Å². The molecule has 6 heteroatoms. The molecule has 0 rings (SSSR count). The summed E-state index contributed by atoms with van der Waals surface area (Å²) in [6.45, 7) is 6.52. The van der Waals surface area contributed by atoms with E-state index in [4.69, 9.17) is 14.2 Å². The molecule has 0 aromatic carbocycles. The number of unbranched alkanes of at least 4 members (excludes halogenated alkanes) is 29. The summed E-state index contributed by atoms with van der Waals surface area (Å²) in [5.41, 5.74) is 0. The van der Waals surface area contributed by atoms with Gasteiger partial charge in [0.05, 0.1) is 0 Å². The molecule has 0 radical (unpaired) electrons. The average molecular weight is 829 g/mol. The van der Waals surface area contributed by atoms with Crippen LogP contribution in [-0.2, 0) is 28.6 Å². The Morgan fingerprint density at radius 3 is 1.05 bits per heavy atom. The van der Waals surface area contributed by atoms with Crippen LogP contribution in [0.4, 0.5) is 0 Å². The fraction of sp³-hybridized carbons (Fsp3) is 0.830. The third kappa shape index (κ3) is 46.5. The van der Waals surface area contributed by atoms with Gasteiger partial charge in [-0.1, -0.05) is 211 Å². The van der Waals surface area contributed by atoms with Gasteiger partial charge in [0.2, 0.25) is 0 Å². The summed E-state index contributed by atoms with van der Waals surface area (Å²) in [5, 5.41) is 0. The SMILES string of the molecule is CC/C=C\C/C=C\CCCCCCCCCC(=O)OC(COC(=O)CCCCCCCCC/C=C\CCCCCC)COC(=O)CCCCCCCCCCCCCC. The van der Waals surface area contributed by atoms with Crippen LogP contribution in [-0.4, -0.2) is 37.2 Å². The van der Waals surface area contributed by atoms with Crippen molar-refractivity contribution in [1.29, 1.82) is 0 Å². The molecule has 1 atom stereocenters. The smallest absolute Gasteiger partial charge is 0.306 e. The molecule has 59 heavy (non-hydrogen) atoms. The van der Waals surface area contributed by atoms with Gasteiger partial charge in [-0.05, 0) is 70.6 Å². The Balaban J connectivity index is 4.36. The quantitative estimate of drug-likeness (QED) is 0.0263. The molecular weight excluding hydrogens is 733 g/mol. The highest BCUT2D eigenvalue weighted by atomic mass is 16.6. The zero-order chi connectivity index (χ0) is 43.0. The van der Waals surface area contributed by atoms with Gasteiger partial charge in [0.15, 0.2) is 6.10 Å². The number of allylic oxidation sites excluding steroid dienone is 6. The summed E-state index contributed by atoms with van der Waals surface area (Å²) in [6, 6.07) is 0. The molecule has 0 aromatic rings. The molecule has 0 saturated heterocycles. The van der Waals surface area contributed by atoms with Crippen molar-refractivity contribution in [3.05, 3.63) is 36.5 Å². The highest BCUT2D eigenvalue weighted by Gasteiger charge is 2.19. The van der Waals surface area contributed by atoms with Crippen LogP contribution in [0.3, 0.4) is 0 Å². The molecule has 0 amide bonds. The van der Waals surface area contributed by atoms with E-state index in [9.17, 15) is 14.4 Å². The monoisotopic (exact) mass is 829 g/mol. The minimum atomic E-state index is -0.773. The van der Waals surface area contributed by atoms with Crippen molar-refractivity contribution >= 4 is 17.9 Å². The van der Waals surface area contributed by atoms with Crippen LogP contribution < -0.4 is 0 Å². The van der Waals surface area contributed by atoms with Crippen molar-refractivity contribution < 1.29 is 28.6 Å². The van der Waals surface area contributed by atoms with Crippen LogP contribution in [0.1, 0.15) is 265 Å². The van der Waals surface area contributed by atoms with Gasteiger partial charge in [0.25, 0.3) is 0 Å². The zero-order valence-corrected chi connectivity index (χ0v) is 39.3. The van der Waals surface area contributed by atoms with E-state index in [0.717, 1.165) is 77.0 Å². The van der Waals surface area contributed by atoms with Gasteiger partial charge in [0.1, 0.15) is 13.2 Å². The molecule has 0 aliphatic heterocycles. The first-order valence-corrected chi connectivity index (χ1v) is 25.5. The molecule has 0 N–H and O–H groups in total. The summed E-state index contributed by atoms with van der Waals surface area (Å²) in [7, 11) is 0. The standard InChI is InChI=1S/C53H96O6/c1-4-7-10-13-16-19-22-25-27-29-31-34-37-40-43-46-52(55)58-49-50(48-57-51(54)45-42-39-36-33-30-24-21-18-15-12-9-6-3)59-53(56)47-44-41-38-35-32-28-26-23-20-17-14-11-8-5-2/h8,11,17,19-20,22,50H,4-7,9-10,12-16,18,21,23-49H2,1-3H3/b11-8-,20-17-,22-19-. The summed E-state index contributed by atoms with van der Waals surface area (Å²) < 4.78 is 16.8. The average Bonchev–Trinajstić information content (AvgIpc) is 3.23. The summed E-state index contributed by atoms with van der Waals surface area (Å²) in [4.78, 5) is 37.9. The Kier molecular flexibility index (Phi) is 46.4. The predicted molar refractivity (Wildman–Crippen MR) is 252 cm³/mol. The van der Waals surface area contributed by atoms with Gasteiger partial charge in [-0.2, -0.15) is 0 Å². The first-order chi connectivity index (χ1) is 29.0. The topological polar surface area (TPSA) is 78.9 Å². The maximum Gasteiger partial charge on any atom is 0.306 e. The van der Waals surface area contributed by atoms with Gasteiger partial charge >= 0.3 is 17.9 Å². The Labute approximate surface area is 365 Å². The molecule has 0 spiro atoms. The van der Waals surface area contributed by atoms with E-state index in [1.165, 1.54) is 148 Å². The lowest BCUT2D eigenvalue weighted by Crippen LogP contribution is -2.30. The number of carbonyl (C=O) groups excluding carboxylic acids is 3. The van der Waals surface area contributed by atoms with E-state index in [-0.39, 0.29) is 31.1 Å². The number of esters is 3. The molecule has 0 fully saturated rings. The molecule has 6 nitrogen and oxygen atoms in total. The molecule has 0 bridgehead atoms. The van der Waals surface area contributed by atoms with Crippen molar-refractivity contribution in [2.75, 3.05) is 13.2 Å². The van der Waals surface area contributed by atoms with Gasteiger partial charge in [0, 0.05) is 19.3 Å². The fourth-order valence-corrected chi connectivity index (χ4v) is 7.30. The Morgan fingerprint density at radius 2 is 0.661 bits per heavy atom. The lowest BCUT2D eigenvalue weighted by Gasteiger charge is -2.18. The third-order valence-corrected chi connectivity index (χ3v) is 11.1. The number of hydrogen-bond donors (Lipinski definition) is 0. The van der Waals surface area contributed by atoms with E-state index in [1.54, 1.807) is 0 Å². The molecule has 0 aromatic heterocycles. The molecule has 0 heterocycles. The van der Waals surface area contributed by atoms with Crippen LogP contribution >= 0.6 is 0 Å². The molecule has 0 saturated carbocycles. The lowest BCUT2D eigenvalue weighted by atomic mass is 10.0. The normalized spacial score (nSPS) is 12.3. The fourth-order valence-electron chi connectivity index (χ4n) is 7.30. The third-order valence-electron chi connectivity index (χ3n) is 11.1. The Hall–Kier alpha value is -2.37. The molecule has 344 valence electrons. The van der Waals surface area contributed by atoms with E-state index in [1.807, 2.05) is 0 Å². The Morgan fingerprint density at radius 1 is 0.356 bits per heavy atom. The first kappa shape index (κ1) is 56.6. The van der Waals surface area contributed by atoms with Gasteiger partial charge < -0.3 is 14.2 Å². The zero-order valence-electron chi connectivity index (χ0n) is 39.3. The highest BCUT2D eigenvalue weighted by Crippen LogP contribution is 2.15. The number of carbonyl (C=O) groups is 3. The van der Waals surface area contributed by atoms with Crippen molar-refractivity contribution in [2.45, 2.75) is 271 Å². The Bertz CT molecular complexity index is 1000. The molecule has 0 aliphatic carbocycles. The highest BCUT2D eigenvalue weighted by molar-refractivity contribution is 5.71. The largest absolute Gasteiger partial charge is 0.462 e. The minimum absolute atomic E-state index is 0.0739. The second kappa shape index (κ2) is 48.3. The van der Waals surface area contributed by atoms with Crippen LogP contribution in [0.2, 0.25) is 0 Å². The summed E-state index contributed by atoms with van der Waals surface area (Å²) in [5.74, 6) is -0.878. The van der Waals surface area contributed by atoms with E-state index in [0.29, 0.717) is 19.3 Å². The summed E-state index contributed by atoms with van der Waals surface area (Å²) in [6.07, 6.45) is 55.5. The molecular formula is C53H96O6. The van der Waals surface area contributed by atoms with Gasteiger partial charge in [-0.25, -0.2) is 0 Å². The second-order valence-electron chi connectivity index (χ2n) is 17.1. The minimum Gasteiger partial charge on any atom is -0.462 e. The number of hydrogen-bond acceptors (Lipinski definition) is 6. The van der Waals surface area contributed by atoms with Crippen LogP contribution in [0.15, 0.2) is 36.5 Å². The number of ether oxygens (including phenoxy) is 3. The van der Waals surface area contributed by atoms with Crippen LogP contribution in [0.25, 0.3) is 0 Å². The van der Waals surface area contributed by atoms with E-state index < -0.39 is 6.10 Å². The predicted octanol–water partition coefficient (Wildman–Crippen LogP) is 16.5. The van der Waals surface area contributed by atoms with Crippen molar-refractivity contribution in [3.8, 4) is 0 Å². The van der Waals surface area contributed by atoms with E-state index >= 15 is 0 Å². The van der Waals surface area contributed by atoms with Crippen molar-refractivity contribution in [2.24, 2.45) is 0 Å².